The van der Waals surface area contributed by atoms with Crippen molar-refractivity contribution >= 4 is 18.1 Å². The van der Waals surface area contributed by atoms with Gasteiger partial charge in [0.25, 0.3) is 0 Å². The number of hydrogen-bond donors (Lipinski definition) is 3. The molecule has 2 amide bonds. The van der Waals surface area contributed by atoms with Crippen molar-refractivity contribution in [3.63, 3.8) is 0 Å². The standard InChI is InChI=1S/C19H37N5O4/c1-18(2,3)27-16(25)22-15(23-17(26)28-19(4,5)6)21-10-8-9-14-13-24(7)12-11-20-14/h14,20H,8-13H2,1-7H3,(H2,21,22,23,25,26). The van der Waals surface area contributed by atoms with Gasteiger partial charge in [-0.15, -0.1) is 0 Å². The molecule has 1 unspecified atom stereocenters. The summed E-state index contributed by atoms with van der Waals surface area (Å²) in [6, 6.07) is 0.426. The fourth-order valence-electron chi connectivity index (χ4n) is 2.62. The van der Waals surface area contributed by atoms with E-state index in [9.17, 15) is 9.59 Å². The van der Waals surface area contributed by atoms with Crippen LogP contribution in [0.2, 0.25) is 0 Å². The Morgan fingerprint density at radius 1 is 1.07 bits per heavy atom. The molecule has 0 aromatic heterocycles. The molecule has 3 N–H and O–H groups in total. The minimum absolute atomic E-state index is 0.0252. The van der Waals surface area contributed by atoms with Gasteiger partial charge in [0.1, 0.15) is 11.2 Å². The fourth-order valence-corrected chi connectivity index (χ4v) is 2.62. The minimum atomic E-state index is -0.683. The number of nitrogens with one attached hydrogen (secondary N) is 3. The van der Waals surface area contributed by atoms with E-state index in [1.165, 1.54) is 0 Å². The molecule has 0 aromatic carbocycles. The van der Waals surface area contributed by atoms with E-state index < -0.39 is 23.4 Å². The lowest BCUT2D eigenvalue weighted by Gasteiger charge is -2.30. The van der Waals surface area contributed by atoms with Gasteiger partial charge in [-0.1, -0.05) is 0 Å². The number of carbonyl (C=O) groups is 2. The first-order chi connectivity index (χ1) is 12.8. The van der Waals surface area contributed by atoms with Crippen molar-refractivity contribution in [3.8, 4) is 0 Å². The summed E-state index contributed by atoms with van der Waals surface area (Å²) >= 11 is 0. The fraction of sp³-hybridized carbons (Fsp3) is 0.842. The highest BCUT2D eigenvalue weighted by Gasteiger charge is 2.21. The summed E-state index contributed by atoms with van der Waals surface area (Å²) in [5.74, 6) is 0.0252. The maximum atomic E-state index is 12.0. The second kappa shape index (κ2) is 10.6. The van der Waals surface area contributed by atoms with Crippen LogP contribution in [0.25, 0.3) is 0 Å². The smallest absolute Gasteiger partial charge is 0.414 e. The van der Waals surface area contributed by atoms with Gasteiger partial charge in [-0.05, 0) is 61.4 Å². The normalized spacial score (nSPS) is 18.2. The van der Waals surface area contributed by atoms with Gasteiger partial charge in [-0.25, -0.2) is 9.59 Å². The summed E-state index contributed by atoms with van der Waals surface area (Å²) in [5, 5.41) is 8.46. The number of ether oxygens (including phenoxy) is 2. The molecule has 1 fully saturated rings. The Bertz CT molecular complexity index is 520. The number of piperazine rings is 1. The molecule has 1 saturated heterocycles. The molecule has 1 aliphatic heterocycles. The van der Waals surface area contributed by atoms with Crippen LogP contribution < -0.4 is 16.0 Å². The SMILES string of the molecule is CN1CCNC(CCCN=C(NC(=O)OC(C)(C)C)NC(=O)OC(C)(C)C)C1. The quantitative estimate of drug-likeness (QED) is 0.380. The Balaban J connectivity index is 2.60. The lowest BCUT2D eigenvalue weighted by Crippen LogP contribution is -2.49. The largest absolute Gasteiger partial charge is 0.444 e. The molecular formula is C19H37N5O4. The minimum Gasteiger partial charge on any atom is -0.444 e. The van der Waals surface area contributed by atoms with Crippen LogP contribution in [-0.2, 0) is 9.47 Å². The van der Waals surface area contributed by atoms with Gasteiger partial charge in [-0.2, -0.15) is 0 Å². The zero-order valence-electron chi connectivity index (χ0n) is 18.3. The number of carbonyl (C=O) groups excluding carboxylic acids is 2. The molecule has 0 bridgehead atoms. The molecule has 9 heteroatoms. The van der Waals surface area contributed by atoms with E-state index in [0.29, 0.717) is 12.6 Å². The number of guanidine groups is 1. The molecule has 9 nitrogen and oxygen atoms in total. The van der Waals surface area contributed by atoms with E-state index in [1.54, 1.807) is 41.5 Å². The first kappa shape index (κ1) is 24.2. The molecule has 1 aliphatic rings. The van der Waals surface area contributed by atoms with Crippen LogP contribution in [0.15, 0.2) is 4.99 Å². The van der Waals surface area contributed by atoms with Gasteiger partial charge >= 0.3 is 12.2 Å². The zero-order chi connectivity index (χ0) is 21.4. The van der Waals surface area contributed by atoms with E-state index in [2.05, 4.69) is 32.9 Å². The molecule has 28 heavy (non-hydrogen) atoms. The molecule has 1 heterocycles. The average molecular weight is 400 g/mol. The third kappa shape index (κ3) is 11.8. The molecular weight excluding hydrogens is 362 g/mol. The van der Waals surface area contributed by atoms with E-state index in [0.717, 1.165) is 32.5 Å². The maximum Gasteiger partial charge on any atom is 0.414 e. The van der Waals surface area contributed by atoms with E-state index in [1.807, 2.05) is 0 Å². The topological polar surface area (TPSA) is 104 Å². The molecule has 0 saturated carbocycles. The van der Waals surface area contributed by atoms with Crippen molar-refractivity contribution in [2.75, 3.05) is 33.2 Å². The number of amides is 2. The lowest BCUT2D eigenvalue weighted by molar-refractivity contribution is 0.0545. The average Bonchev–Trinajstić information content (AvgIpc) is 2.47. The number of nitrogens with zero attached hydrogens (tertiary/aromatic N) is 2. The third-order valence-electron chi connectivity index (χ3n) is 3.68. The second-order valence-electron chi connectivity index (χ2n) is 9.04. The molecule has 1 atom stereocenters. The van der Waals surface area contributed by atoms with Crippen LogP contribution in [0.5, 0.6) is 0 Å². The highest BCUT2D eigenvalue weighted by molar-refractivity contribution is 6.01. The van der Waals surface area contributed by atoms with Crippen molar-refractivity contribution < 1.29 is 19.1 Å². The van der Waals surface area contributed by atoms with Crippen LogP contribution in [-0.4, -0.2) is 73.5 Å². The van der Waals surface area contributed by atoms with Gasteiger partial charge in [0, 0.05) is 32.2 Å². The first-order valence-corrected chi connectivity index (χ1v) is 9.80. The molecule has 0 radical (unpaired) electrons. The van der Waals surface area contributed by atoms with Crippen molar-refractivity contribution in [2.45, 2.75) is 71.6 Å². The van der Waals surface area contributed by atoms with Crippen LogP contribution in [0.1, 0.15) is 54.4 Å². The van der Waals surface area contributed by atoms with Gasteiger partial charge in [0.15, 0.2) is 0 Å². The number of rotatable bonds is 4. The van der Waals surface area contributed by atoms with Crippen molar-refractivity contribution in [1.29, 1.82) is 0 Å². The van der Waals surface area contributed by atoms with E-state index in [-0.39, 0.29) is 5.96 Å². The Kier molecular flexibility index (Phi) is 9.16. The van der Waals surface area contributed by atoms with Crippen LogP contribution in [0, 0.1) is 0 Å². The summed E-state index contributed by atoms with van der Waals surface area (Å²) in [5.41, 5.74) is -1.31. The van der Waals surface area contributed by atoms with E-state index in [4.69, 9.17) is 9.47 Å². The maximum absolute atomic E-state index is 12.0. The highest BCUT2D eigenvalue weighted by Crippen LogP contribution is 2.08. The van der Waals surface area contributed by atoms with Gasteiger partial charge < -0.3 is 19.7 Å². The summed E-state index contributed by atoms with van der Waals surface area (Å²) < 4.78 is 10.5. The van der Waals surface area contributed by atoms with Crippen molar-refractivity contribution in [1.82, 2.24) is 20.9 Å². The Hall–Kier alpha value is -1.87. The Morgan fingerprint density at radius 3 is 2.07 bits per heavy atom. The number of aliphatic imine (C=N–C) groups is 1. The predicted octanol–water partition coefficient (Wildman–Crippen LogP) is 2.08. The Morgan fingerprint density at radius 2 is 1.61 bits per heavy atom. The first-order valence-electron chi connectivity index (χ1n) is 9.80. The summed E-state index contributed by atoms with van der Waals surface area (Å²) in [4.78, 5) is 30.7. The highest BCUT2D eigenvalue weighted by atomic mass is 16.6. The van der Waals surface area contributed by atoms with Gasteiger partial charge in [0.05, 0.1) is 0 Å². The van der Waals surface area contributed by atoms with Crippen LogP contribution in [0.3, 0.4) is 0 Å². The van der Waals surface area contributed by atoms with Crippen LogP contribution >= 0.6 is 0 Å². The lowest BCUT2D eigenvalue weighted by atomic mass is 10.1. The van der Waals surface area contributed by atoms with Crippen molar-refractivity contribution in [3.05, 3.63) is 0 Å². The summed E-state index contributed by atoms with van der Waals surface area (Å²) in [7, 11) is 2.11. The molecule has 162 valence electrons. The zero-order valence-corrected chi connectivity index (χ0v) is 18.3. The molecule has 0 spiro atoms. The number of hydrogen-bond acceptors (Lipinski definition) is 7. The number of alkyl carbamates (subject to hydrolysis) is 2. The summed E-state index contributed by atoms with van der Waals surface area (Å²) in [6.45, 7) is 14.1. The van der Waals surface area contributed by atoms with Gasteiger partial charge in [0.2, 0.25) is 5.96 Å². The Labute approximate surface area is 168 Å². The third-order valence-corrected chi connectivity index (χ3v) is 3.68. The second-order valence-corrected chi connectivity index (χ2v) is 9.04. The monoisotopic (exact) mass is 399 g/mol. The van der Waals surface area contributed by atoms with Crippen molar-refractivity contribution in [2.24, 2.45) is 4.99 Å². The molecule has 0 aromatic rings. The van der Waals surface area contributed by atoms with Gasteiger partial charge in [-0.3, -0.25) is 15.6 Å². The van der Waals surface area contributed by atoms with Crippen LogP contribution in [0.4, 0.5) is 9.59 Å². The summed E-state index contributed by atoms with van der Waals surface area (Å²) in [6.07, 6.45) is 0.414. The molecule has 0 aliphatic carbocycles. The van der Waals surface area contributed by atoms with E-state index >= 15 is 0 Å². The number of likely N-dealkylation sites (N-methyl/N-ethyl adjacent to an activating group) is 1. The predicted molar refractivity (Wildman–Crippen MR) is 110 cm³/mol. The molecule has 1 rings (SSSR count).